The molecule has 2 aromatic heterocycles. The molecule has 2 heterocycles. The molecular formula is C13H10FN3OS. The molecule has 0 atom stereocenters. The average Bonchev–Trinajstić information content (AvgIpc) is 2.64. The van der Waals surface area contributed by atoms with Crippen LogP contribution in [0.1, 0.15) is 26.4 Å². The van der Waals surface area contributed by atoms with Crippen LogP contribution in [-0.4, -0.2) is 10.9 Å². The molecule has 96 valence electrons. The summed E-state index contributed by atoms with van der Waals surface area (Å²) < 4.78 is 13.4. The maximum atomic E-state index is 13.4. The number of nitrogens with one attached hydrogen (secondary N) is 1. The molecule has 0 aliphatic rings. The smallest absolute Gasteiger partial charge is 0.259 e. The molecule has 0 aliphatic heterocycles. The number of anilines is 1. The van der Waals surface area contributed by atoms with Crippen molar-refractivity contribution in [3.05, 3.63) is 45.8 Å². The number of hydrogen-bond acceptors (Lipinski definition) is 4. The van der Waals surface area contributed by atoms with E-state index in [2.05, 4.69) is 10.3 Å². The van der Waals surface area contributed by atoms with Crippen molar-refractivity contribution in [1.29, 1.82) is 5.26 Å². The van der Waals surface area contributed by atoms with Crippen LogP contribution in [-0.2, 0) is 0 Å². The standard InChI is InChI=1S/C13H10FN3OS/c1-7-8(2)19-13(10(7)5-15)17-12(18)9-3-4-16-6-11(9)14/h3-4,6H,1-2H3,(H,17,18). The Hall–Kier alpha value is -2.26. The quantitative estimate of drug-likeness (QED) is 0.916. The second-order valence-corrected chi connectivity index (χ2v) is 5.13. The second kappa shape index (κ2) is 5.16. The highest BCUT2D eigenvalue weighted by Gasteiger charge is 2.17. The van der Waals surface area contributed by atoms with Gasteiger partial charge in [0.2, 0.25) is 0 Å². The summed E-state index contributed by atoms with van der Waals surface area (Å²) in [4.78, 5) is 16.5. The van der Waals surface area contributed by atoms with Crippen LogP contribution in [0.5, 0.6) is 0 Å². The number of carbonyl (C=O) groups excluding carboxylic acids is 1. The largest absolute Gasteiger partial charge is 0.312 e. The lowest BCUT2D eigenvalue weighted by Gasteiger charge is -2.03. The normalized spacial score (nSPS) is 10.0. The monoisotopic (exact) mass is 275 g/mol. The van der Waals surface area contributed by atoms with E-state index in [0.717, 1.165) is 16.6 Å². The van der Waals surface area contributed by atoms with E-state index in [0.29, 0.717) is 10.6 Å². The number of aryl methyl sites for hydroxylation is 1. The summed E-state index contributed by atoms with van der Waals surface area (Å²) in [5.74, 6) is -1.28. The van der Waals surface area contributed by atoms with Crippen molar-refractivity contribution < 1.29 is 9.18 Å². The number of nitriles is 1. The van der Waals surface area contributed by atoms with Crippen molar-refractivity contribution in [2.75, 3.05) is 5.32 Å². The Morgan fingerprint density at radius 1 is 1.53 bits per heavy atom. The van der Waals surface area contributed by atoms with E-state index in [9.17, 15) is 9.18 Å². The lowest BCUT2D eigenvalue weighted by Crippen LogP contribution is -2.13. The Kier molecular flexibility index (Phi) is 3.58. The second-order valence-electron chi connectivity index (χ2n) is 3.91. The number of thiophene rings is 1. The van der Waals surface area contributed by atoms with Gasteiger partial charge in [-0.1, -0.05) is 0 Å². The highest BCUT2D eigenvalue weighted by molar-refractivity contribution is 7.16. The fourth-order valence-corrected chi connectivity index (χ4v) is 2.59. The molecule has 0 unspecified atom stereocenters. The van der Waals surface area contributed by atoms with Gasteiger partial charge in [0.05, 0.1) is 17.3 Å². The first kappa shape index (κ1) is 13.2. The number of nitrogens with zero attached hydrogens (tertiary/aromatic N) is 2. The third-order valence-corrected chi connectivity index (χ3v) is 3.86. The van der Waals surface area contributed by atoms with Gasteiger partial charge in [-0.3, -0.25) is 9.78 Å². The summed E-state index contributed by atoms with van der Waals surface area (Å²) >= 11 is 1.30. The summed E-state index contributed by atoms with van der Waals surface area (Å²) in [6.45, 7) is 3.68. The van der Waals surface area contributed by atoms with E-state index in [-0.39, 0.29) is 5.56 Å². The summed E-state index contributed by atoms with van der Waals surface area (Å²) in [5, 5.41) is 12.1. The third kappa shape index (κ3) is 2.46. The minimum absolute atomic E-state index is 0.0948. The zero-order valence-electron chi connectivity index (χ0n) is 10.3. The number of pyridine rings is 1. The van der Waals surface area contributed by atoms with E-state index in [1.54, 1.807) is 0 Å². The number of hydrogen-bond donors (Lipinski definition) is 1. The van der Waals surface area contributed by atoms with Crippen LogP contribution in [0.2, 0.25) is 0 Å². The fraction of sp³-hybridized carbons (Fsp3) is 0.154. The lowest BCUT2D eigenvalue weighted by molar-refractivity contribution is 0.102. The van der Waals surface area contributed by atoms with Gasteiger partial charge in [0.15, 0.2) is 5.82 Å². The van der Waals surface area contributed by atoms with Gasteiger partial charge in [-0.2, -0.15) is 5.26 Å². The predicted octanol–water partition coefficient (Wildman–Crippen LogP) is 3.02. The number of rotatable bonds is 2. The maximum absolute atomic E-state index is 13.4. The molecule has 1 amide bonds. The van der Waals surface area contributed by atoms with Crippen LogP contribution in [0, 0.1) is 31.0 Å². The van der Waals surface area contributed by atoms with Crippen LogP contribution < -0.4 is 5.32 Å². The molecule has 0 bridgehead atoms. The number of halogens is 1. The highest BCUT2D eigenvalue weighted by Crippen LogP contribution is 2.31. The van der Waals surface area contributed by atoms with Gasteiger partial charge in [0.25, 0.3) is 5.91 Å². The van der Waals surface area contributed by atoms with Crippen LogP contribution in [0.15, 0.2) is 18.5 Å². The maximum Gasteiger partial charge on any atom is 0.259 e. The summed E-state index contributed by atoms with van der Waals surface area (Å²) in [6.07, 6.45) is 2.32. The summed E-state index contributed by atoms with van der Waals surface area (Å²) in [6, 6.07) is 3.34. The van der Waals surface area contributed by atoms with Gasteiger partial charge >= 0.3 is 0 Å². The molecule has 0 aromatic carbocycles. The molecule has 0 saturated heterocycles. The van der Waals surface area contributed by atoms with Crippen molar-refractivity contribution in [3.63, 3.8) is 0 Å². The Bertz CT molecular complexity index is 688. The highest BCUT2D eigenvalue weighted by atomic mass is 32.1. The molecule has 0 saturated carbocycles. The third-order valence-electron chi connectivity index (χ3n) is 2.74. The Balaban J connectivity index is 2.33. The molecule has 2 rings (SSSR count). The first-order valence-electron chi connectivity index (χ1n) is 5.45. The van der Waals surface area contributed by atoms with Crippen LogP contribution >= 0.6 is 11.3 Å². The molecule has 0 aliphatic carbocycles. The van der Waals surface area contributed by atoms with Crippen molar-refractivity contribution in [3.8, 4) is 6.07 Å². The van der Waals surface area contributed by atoms with E-state index >= 15 is 0 Å². The van der Waals surface area contributed by atoms with E-state index in [1.807, 2.05) is 19.9 Å². The number of aromatic nitrogens is 1. The zero-order chi connectivity index (χ0) is 14.0. The SMILES string of the molecule is Cc1sc(NC(=O)c2ccncc2F)c(C#N)c1C. The van der Waals surface area contributed by atoms with Crippen molar-refractivity contribution in [2.24, 2.45) is 0 Å². The van der Waals surface area contributed by atoms with E-state index in [1.165, 1.54) is 23.6 Å². The number of amides is 1. The average molecular weight is 275 g/mol. The van der Waals surface area contributed by atoms with Gasteiger partial charge in [-0.25, -0.2) is 4.39 Å². The fourth-order valence-electron chi connectivity index (χ4n) is 1.58. The first-order chi connectivity index (χ1) is 9.04. The lowest BCUT2D eigenvalue weighted by atomic mass is 10.2. The molecule has 2 aromatic rings. The molecule has 0 spiro atoms. The van der Waals surface area contributed by atoms with Crippen LogP contribution in [0.3, 0.4) is 0 Å². The predicted molar refractivity (Wildman–Crippen MR) is 70.7 cm³/mol. The first-order valence-corrected chi connectivity index (χ1v) is 6.27. The van der Waals surface area contributed by atoms with Gasteiger partial charge in [0, 0.05) is 11.1 Å². The van der Waals surface area contributed by atoms with E-state index in [4.69, 9.17) is 5.26 Å². The van der Waals surface area contributed by atoms with Gasteiger partial charge in [-0.05, 0) is 25.5 Å². The van der Waals surface area contributed by atoms with Crippen molar-refractivity contribution in [2.45, 2.75) is 13.8 Å². The van der Waals surface area contributed by atoms with Crippen molar-refractivity contribution >= 4 is 22.2 Å². The zero-order valence-corrected chi connectivity index (χ0v) is 11.1. The Morgan fingerprint density at radius 2 is 2.26 bits per heavy atom. The molecule has 1 N–H and O–H groups in total. The Labute approximate surface area is 113 Å². The molecule has 4 nitrogen and oxygen atoms in total. The van der Waals surface area contributed by atoms with Crippen molar-refractivity contribution in [1.82, 2.24) is 4.98 Å². The Morgan fingerprint density at radius 3 is 2.89 bits per heavy atom. The number of carbonyl (C=O) groups is 1. The van der Waals surface area contributed by atoms with Crippen LogP contribution in [0.4, 0.5) is 9.39 Å². The molecule has 0 fully saturated rings. The van der Waals surface area contributed by atoms with Gasteiger partial charge in [0.1, 0.15) is 11.1 Å². The molecular weight excluding hydrogens is 265 g/mol. The van der Waals surface area contributed by atoms with Gasteiger partial charge < -0.3 is 5.32 Å². The molecule has 6 heteroatoms. The van der Waals surface area contributed by atoms with Gasteiger partial charge in [-0.15, -0.1) is 11.3 Å². The topological polar surface area (TPSA) is 65.8 Å². The molecule has 19 heavy (non-hydrogen) atoms. The summed E-state index contributed by atoms with van der Waals surface area (Å²) in [7, 11) is 0. The van der Waals surface area contributed by atoms with E-state index < -0.39 is 11.7 Å². The summed E-state index contributed by atoms with van der Waals surface area (Å²) in [5.41, 5.74) is 1.16. The van der Waals surface area contributed by atoms with Crippen LogP contribution in [0.25, 0.3) is 0 Å². The minimum Gasteiger partial charge on any atom is -0.312 e. The minimum atomic E-state index is -0.691. The molecule has 0 radical (unpaired) electrons.